The van der Waals surface area contributed by atoms with Crippen molar-refractivity contribution in [3.8, 4) is 11.5 Å². The minimum absolute atomic E-state index is 0.0793. The molecule has 11 nitrogen and oxygen atoms in total. The van der Waals surface area contributed by atoms with Gasteiger partial charge < -0.3 is 34.5 Å². The molecule has 0 saturated heterocycles. The molecule has 4 unspecified atom stereocenters. The van der Waals surface area contributed by atoms with Gasteiger partial charge >= 0.3 is 24.2 Å². The van der Waals surface area contributed by atoms with Crippen molar-refractivity contribution in [1.29, 1.82) is 0 Å². The molecule has 0 aliphatic carbocycles. The number of benzene rings is 1. The lowest BCUT2D eigenvalue weighted by Gasteiger charge is -2.25. The topological polar surface area (TPSA) is 161 Å². The maximum Gasteiger partial charge on any atom is 0.513 e. The van der Waals surface area contributed by atoms with E-state index in [4.69, 9.17) is 29.4 Å². The van der Waals surface area contributed by atoms with Crippen molar-refractivity contribution in [1.82, 2.24) is 0 Å². The molecular formula is C30H47NO10. The van der Waals surface area contributed by atoms with E-state index >= 15 is 0 Å². The Hall–Kier alpha value is -3.34. The molecule has 0 fully saturated rings. The molecule has 0 aliphatic rings. The lowest BCUT2D eigenvalue weighted by Crippen LogP contribution is -2.38. The molecule has 0 radical (unpaired) electrons. The molecule has 0 aliphatic heterocycles. The molecule has 0 bridgehead atoms. The van der Waals surface area contributed by atoms with Crippen LogP contribution in [0.25, 0.3) is 0 Å². The number of esters is 1. The van der Waals surface area contributed by atoms with Gasteiger partial charge in [0.1, 0.15) is 6.04 Å². The van der Waals surface area contributed by atoms with Crippen LogP contribution in [0.5, 0.6) is 11.5 Å². The van der Waals surface area contributed by atoms with Gasteiger partial charge in [-0.05, 0) is 55.2 Å². The number of nitrogens with two attached hydrogens (primary N) is 1. The van der Waals surface area contributed by atoms with Gasteiger partial charge in [-0.15, -0.1) is 0 Å². The van der Waals surface area contributed by atoms with E-state index in [0.29, 0.717) is 17.9 Å². The number of aliphatic carboxylic acids is 1. The number of carboxylic acids is 1. The molecule has 1 rings (SSSR count). The van der Waals surface area contributed by atoms with Gasteiger partial charge in [0.15, 0.2) is 11.5 Å². The summed E-state index contributed by atoms with van der Waals surface area (Å²) in [5.41, 5.74) is 6.41. The fourth-order valence-electron chi connectivity index (χ4n) is 3.57. The molecule has 0 spiro atoms. The third-order valence-electron chi connectivity index (χ3n) is 6.71. The summed E-state index contributed by atoms with van der Waals surface area (Å²) >= 11 is 0. The van der Waals surface area contributed by atoms with E-state index < -0.39 is 36.3 Å². The van der Waals surface area contributed by atoms with Gasteiger partial charge in [-0.3, -0.25) is 9.59 Å². The highest BCUT2D eigenvalue weighted by Gasteiger charge is 2.30. The highest BCUT2D eigenvalue weighted by Crippen LogP contribution is 2.35. The second-order valence-electron chi connectivity index (χ2n) is 11.0. The van der Waals surface area contributed by atoms with Crippen LogP contribution in [0.3, 0.4) is 0 Å². The van der Waals surface area contributed by atoms with E-state index in [-0.39, 0.29) is 55.4 Å². The summed E-state index contributed by atoms with van der Waals surface area (Å²) in [6.45, 7) is 13.6. The number of carboxylic acid groups (broad SMARTS) is 1. The highest BCUT2D eigenvalue weighted by molar-refractivity contribution is 5.75. The molecule has 11 heteroatoms. The number of hydrogen-bond acceptors (Lipinski definition) is 10. The van der Waals surface area contributed by atoms with E-state index in [1.165, 1.54) is 18.2 Å². The minimum atomic E-state index is -1.37. The van der Waals surface area contributed by atoms with Gasteiger partial charge in [0.05, 0.1) is 19.3 Å². The summed E-state index contributed by atoms with van der Waals surface area (Å²) in [5, 5.41) is 9.69. The predicted octanol–water partition coefficient (Wildman–Crippen LogP) is 6.06. The molecule has 0 saturated carbocycles. The third kappa shape index (κ3) is 13.7. The average molecular weight is 582 g/mol. The summed E-state index contributed by atoms with van der Waals surface area (Å²) in [6.07, 6.45) is -0.0874. The molecule has 0 aromatic heterocycles. The second-order valence-corrected chi connectivity index (χ2v) is 11.0. The van der Waals surface area contributed by atoms with Crippen molar-refractivity contribution in [2.75, 3.05) is 13.2 Å². The first-order valence-corrected chi connectivity index (χ1v) is 14.3. The summed E-state index contributed by atoms with van der Waals surface area (Å²) in [4.78, 5) is 48.9. The van der Waals surface area contributed by atoms with Crippen LogP contribution < -0.4 is 15.2 Å². The van der Waals surface area contributed by atoms with Crippen LogP contribution in [0, 0.1) is 17.8 Å². The monoisotopic (exact) mass is 581 g/mol. The quantitative estimate of drug-likeness (QED) is 0.125. The molecule has 1 aromatic rings. The number of ether oxygens (including phenoxy) is 5. The Balaban J connectivity index is 3.27. The molecule has 0 heterocycles. The first-order chi connectivity index (χ1) is 19.3. The number of rotatable bonds is 17. The first kappa shape index (κ1) is 35.7. The lowest BCUT2D eigenvalue weighted by atomic mass is 9.87. The van der Waals surface area contributed by atoms with Crippen LogP contribution in [0.1, 0.15) is 92.1 Å². The van der Waals surface area contributed by atoms with Gasteiger partial charge in [0, 0.05) is 12.3 Å². The fourth-order valence-corrected chi connectivity index (χ4v) is 3.57. The normalized spacial score (nSPS) is 14.8. The maximum absolute atomic E-state index is 12.5. The zero-order valence-corrected chi connectivity index (χ0v) is 25.3. The van der Waals surface area contributed by atoms with E-state index in [0.717, 1.165) is 12.8 Å². The van der Waals surface area contributed by atoms with Crippen molar-refractivity contribution in [2.45, 2.75) is 98.6 Å². The highest BCUT2D eigenvalue weighted by atomic mass is 16.7. The molecule has 0 amide bonds. The SMILES string of the molecule is CCC(C)COC(=O)Oc1ccc(C(CC(C)OC(=O)CCC(C)C)[C@H](N)C(=O)O)cc1OC(=O)OCC(C)CC. The average Bonchev–Trinajstić information content (AvgIpc) is 2.92. The van der Waals surface area contributed by atoms with Crippen LogP contribution in [-0.2, 0) is 23.8 Å². The molecule has 41 heavy (non-hydrogen) atoms. The van der Waals surface area contributed by atoms with Gasteiger partial charge in [-0.25, -0.2) is 9.59 Å². The van der Waals surface area contributed by atoms with E-state index in [9.17, 15) is 24.3 Å². The summed E-state index contributed by atoms with van der Waals surface area (Å²) in [5.74, 6) is -2.25. The van der Waals surface area contributed by atoms with Crippen molar-refractivity contribution < 1.29 is 48.0 Å². The molecule has 1 aromatic carbocycles. The number of hydrogen-bond donors (Lipinski definition) is 2. The smallest absolute Gasteiger partial charge is 0.480 e. The third-order valence-corrected chi connectivity index (χ3v) is 6.71. The predicted molar refractivity (Wildman–Crippen MR) is 152 cm³/mol. The Bertz CT molecular complexity index is 995. The molecule has 5 atom stereocenters. The van der Waals surface area contributed by atoms with Gasteiger partial charge in [0.25, 0.3) is 0 Å². The van der Waals surface area contributed by atoms with Crippen molar-refractivity contribution >= 4 is 24.2 Å². The van der Waals surface area contributed by atoms with Crippen LogP contribution in [0.2, 0.25) is 0 Å². The maximum atomic E-state index is 12.5. The van der Waals surface area contributed by atoms with E-state index in [1.807, 2.05) is 41.5 Å². The number of carbonyl (C=O) groups excluding carboxylic acids is 3. The van der Waals surface area contributed by atoms with E-state index in [2.05, 4.69) is 0 Å². The Morgan fingerprint density at radius 2 is 1.39 bits per heavy atom. The minimum Gasteiger partial charge on any atom is -0.480 e. The Morgan fingerprint density at radius 1 is 0.854 bits per heavy atom. The largest absolute Gasteiger partial charge is 0.513 e. The Labute approximate surface area is 243 Å². The standard InChI is InChI=1S/C30H47NO10/c1-8-19(5)16-37-29(35)40-24-12-11-22(15-25(24)41-30(36)38-17-20(6)9-2)23(27(31)28(33)34)14-21(7)39-26(32)13-10-18(3)4/h11-12,15,18-21,23,27H,8-10,13-14,16-17,31H2,1-7H3,(H,33,34)/t19?,20?,21?,23?,27-/m0/s1. The van der Waals surface area contributed by atoms with Gasteiger partial charge in [-0.2, -0.15) is 0 Å². The van der Waals surface area contributed by atoms with Crippen LogP contribution >= 0.6 is 0 Å². The van der Waals surface area contributed by atoms with Gasteiger partial charge in [0.2, 0.25) is 0 Å². The second kappa shape index (κ2) is 18.2. The fraction of sp³-hybridized carbons (Fsp3) is 0.667. The first-order valence-electron chi connectivity index (χ1n) is 14.3. The van der Waals surface area contributed by atoms with E-state index in [1.54, 1.807) is 6.92 Å². The molecule has 3 N–H and O–H groups in total. The van der Waals surface area contributed by atoms with Crippen LogP contribution in [-0.4, -0.2) is 54.7 Å². The van der Waals surface area contributed by atoms with Crippen molar-refractivity contribution in [3.63, 3.8) is 0 Å². The van der Waals surface area contributed by atoms with Crippen molar-refractivity contribution in [3.05, 3.63) is 23.8 Å². The zero-order valence-electron chi connectivity index (χ0n) is 25.3. The summed E-state index contributed by atoms with van der Waals surface area (Å²) < 4.78 is 26.5. The molecular weight excluding hydrogens is 534 g/mol. The molecule has 232 valence electrons. The summed E-state index contributed by atoms with van der Waals surface area (Å²) in [6, 6.07) is 2.86. The number of carbonyl (C=O) groups is 4. The zero-order chi connectivity index (χ0) is 31.1. The summed E-state index contributed by atoms with van der Waals surface area (Å²) in [7, 11) is 0. The van der Waals surface area contributed by atoms with Crippen molar-refractivity contribution in [2.24, 2.45) is 23.5 Å². The van der Waals surface area contributed by atoms with Gasteiger partial charge in [-0.1, -0.05) is 60.5 Å². The van der Waals surface area contributed by atoms with Crippen LogP contribution in [0.15, 0.2) is 18.2 Å². The van der Waals surface area contributed by atoms with Crippen LogP contribution in [0.4, 0.5) is 9.59 Å². The lowest BCUT2D eigenvalue weighted by molar-refractivity contribution is -0.149. The Morgan fingerprint density at radius 3 is 1.88 bits per heavy atom. The Kier molecular flexibility index (Phi) is 15.8.